The van der Waals surface area contributed by atoms with Gasteiger partial charge in [-0.25, -0.2) is 0 Å². The van der Waals surface area contributed by atoms with Crippen molar-refractivity contribution in [3.63, 3.8) is 0 Å². The molecular formula is C10H18N2O3S. The van der Waals surface area contributed by atoms with Crippen LogP contribution in [0.4, 0.5) is 0 Å². The van der Waals surface area contributed by atoms with Crippen LogP contribution in [0.25, 0.3) is 0 Å². The SMILES string of the molecule is CCNC(=O)CNC1(C(=O)O)CCCSC1. The Labute approximate surface area is 99.4 Å². The van der Waals surface area contributed by atoms with E-state index in [1.807, 2.05) is 6.92 Å². The summed E-state index contributed by atoms with van der Waals surface area (Å²) in [6.45, 7) is 2.47. The normalized spacial score (nSPS) is 25.1. The minimum absolute atomic E-state index is 0.0701. The number of carbonyl (C=O) groups excluding carboxylic acids is 1. The third-order valence-corrected chi connectivity index (χ3v) is 3.89. The summed E-state index contributed by atoms with van der Waals surface area (Å²) in [5.74, 6) is 0.516. The largest absolute Gasteiger partial charge is 0.480 e. The van der Waals surface area contributed by atoms with Gasteiger partial charge in [-0.3, -0.25) is 14.9 Å². The van der Waals surface area contributed by atoms with Crippen LogP contribution in [0.5, 0.6) is 0 Å². The van der Waals surface area contributed by atoms with Crippen LogP contribution in [0.15, 0.2) is 0 Å². The molecule has 3 N–H and O–H groups in total. The summed E-state index contributed by atoms with van der Waals surface area (Å²) in [4.78, 5) is 22.5. The van der Waals surface area contributed by atoms with E-state index in [1.165, 1.54) is 0 Å². The Kier molecular flexibility index (Phi) is 5.08. The number of hydrogen-bond donors (Lipinski definition) is 3. The van der Waals surface area contributed by atoms with Crippen LogP contribution in [-0.4, -0.2) is 47.1 Å². The molecule has 0 saturated carbocycles. The highest BCUT2D eigenvalue weighted by Crippen LogP contribution is 2.26. The maximum absolute atomic E-state index is 11.3. The number of amides is 1. The molecule has 1 fully saturated rings. The molecule has 0 bridgehead atoms. The van der Waals surface area contributed by atoms with Gasteiger partial charge in [0.2, 0.25) is 5.91 Å². The number of hydrogen-bond acceptors (Lipinski definition) is 4. The molecule has 0 aliphatic carbocycles. The molecule has 0 aromatic heterocycles. The first-order valence-electron chi connectivity index (χ1n) is 5.43. The minimum Gasteiger partial charge on any atom is -0.480 e. The van der Waals surface area contributed by atoms with Gasteiger partial charge in [0.1, 0.15) is 5.54 Å². The second-order valence-electron chi connectivity index (χ2n) is 3.85. The summed E-state index contributed by atoms with van der Waals surface area (Å²) in [5, 5.41) is 14.8. The van der Waals surface area contributed by atoms with Gasteiger partial charge in [-0.2, -0.15) is 11.8 Å². The molecule has 6 heteroatoms. The number of thioether (sulfide) groups is 1. The summed E-state index contributed by atoms with van der Waals surface area (Å²) >= 11 is 1.62. The molecule has 1 amide bonds. The number of rotatable bonds is 5. The molecule has 16 heavy (non-hydrogen) atoms. The molecular weight excluding hydrogens is 228 g/mol. The van der Waals surface area contributed by atoms with Crippen molar-refractivity contribution >= 4 is 23.6 Å². The van der Waals surface area contributed by atoms with Gasteiger partial charge in [-0.15, -0.1) is 0 Å². The van der Waals surface area contributed by atoms with Crippen molar-refractivity contribution in [3.05, 3.63) is 0 Å². The quantitative estimate of drug-likeness (QED) is 0.639. The molecule has 1 heterocycles. The van der Waals surface area contributed by atoms with Crippen molar-refractivity contribution in [1.82, 2.24) is 10.6 Å². The lowest BCUT2D eigenvalue weighted by Crippen LogP contribution is -2.57. The maximum atomic E-state index is 11.3. The lowest BCUT2D eigenvalue weighted by molar-refractivity contribution is -0.144. The molecule has 5 nitrogen and oxygen atoms in total. The van der Waals surface area contributed by atoms with Gasteiger partial charge in [0.15, 0.2) is 0 Å². The van der Waals surface area contributed by atoms with E-state index in [-0.39, 0.29) is 12.5 Å². The van der Waals surface area contributed by atoms with Crippen LogP contribution in [0.1, 0.15) is 19.8 Å². The third kappa shape index (κ3) is 3.38. The molecule has 1 saturated heterocycles. The second kappa shape index (κ2) is 6.10. The standard InChI is InChI=1S/C10H18N2O3S/c1-2-11-8(13)6-12-10(9(14)15)4-3-5-16-7-10/h12H,2-7H2,1H3,(H,11,13)(H,14,15). The lowest BCUT2D eigenvalue weighted by Gasteiger charge is -2.33. The van der Waals surface area contributed by atoms with Crippen LogP contribution in [0.2, 0.25) is 0 Å². The van der Waals surface area contributed by atoms with Gasteiger partial charge in [0.05, 0.1) is 6.54 Å². The summed E-state index contributed by atoms with van der Waals surface area (Å²) in [6, 6.07) is 0. The highest BCUT2D eigenvalue weighted by atomic mass is 32.2. The van der Waals surface area contributed by atoms with Crippen LogP contribution in [-0.2, 0) is 9.59 Å². The number of carboxylic acids is 1. The molecule has 1 aliphatic heterocycles. The van der Waals surface area contributed by atoms with Crippen molar-refractivity contribution in [2.45, 2.75) is 25.3 Å². The molecule has 0 radical (unpaired) electrons. The highest BCUT2D eigenvalue weighted by molar-refractivity contribution is 7.99. The first-order valence-corrected chi connectivity index (χ1v) is 6.59. The predicted octanol–water partition coefficient (Wildman–Crippen LogP) is 0.0625. The number of carbonyl (C=O) groups is 2. The fourth-order valence-electron chi connectivity index (χ4n) is 1.69. The molecule has 1 rings (SSSR count). The third-order valence-electron chi connectivity index (χ3n) is 2.61. The molecule has 0 spiro atoms. The van der Waals surface area contributed by atoms with E-state index in [0.29, 0.717) is 18.7 Å². The van der Waals surface area contributed by atoms with Gasteiger partial charge in [0.25, 0.3) is 0 Å². The van der Waals surface area contributed by atoms with E-state index < -0.39 is 11.5 Å². The Morgan fingerprint density at radius 2 is 2.25 bits per heavy atom. The Morgan fingerprint density at radius 1 is 1.50 bits per heavy atom. The Hall–Kier alpha value is -0.750. The number of likely N-dealkylation sites (N-methyl/N-ethyl adjacent to an activating group) is 1. The van der Waals surface area contributed by atoms with Gasteiger partial charge >= 0.3 is 5.97 Å². The number of nitrogens with one attached hydrogen (secondary N) is 2. The average Bonchev–Trinajstić information content (AvgIpc) is 2.28. The molecule has 92 valence electrons. The number of aliphatic carboxylic acids is 1. The monoisotopic (exact) mass is 246 g/mol. The Bertz CT molecular complexity index is 265. The maximum Gasteiger partial charge on any atom is 0.324 e. The molecule has 0 aromatic carbocycles. The Balaban J connectivity index is 2.51. The van der Waals surface area contributed by atoms with Gasteiger partial charge in [-0.1, -0.05) is 0 Å². The van der Waals surface area contributed by atoms with Crippen molar-refractivity contribution in [3.8, 4) is 0 Å². The molecule has 1 aliphatic rings. The van der Waals surface area contributed by atoms with E-state index in [2.05, 4.69) is 10.6 Å². The zero-order valence-corrected chi connectivity index (χ0v) is 10.2. The van der Waals surface area contributed by atoms with E-state index in [0.717, 1.165) is 12.2 Å². The fourth-order valence-corrected chi connectivity index (χ4v) is 2.90. The van der Waals surface area contributed by atoms with Gasteiger partial charge < -0.3 is 10.4 Å². The van der Waals surface area contributed by atoms with Crippen molar-refractivity contribution in [2.75, 3.05) is 24.6 Å². The zero-order valence-electron chi connectivity index (χ0n) is 9.41. The smallest absolute Gasteiger partial charge is 0.324 e. The lowest BCUT2D eigenvalue weighted by atomic mass is 9.95. The summed E-state index contributed by atoms with van der Waals surface area (Å²) in [7, 11) is 0. The summed E-state index contributed by atoms with van der Waals surface area (Å²) < 4.78 is 0. The van der Waals surface area contributed by atoms with Gasteiger partial charge in [0, 0.05) is 12.3 Å². The van der Waals surface area contributed by atoms with Crippen molar-refractivity contribution in [1.29, 1.82) is 0 Å². The fraction of sp³-hybridized carbons (Fsp3) is 0.800. The van der Waals surface area contributed by atoms with Crippen molar-refractivity contribution in [2.24, 2.45) is 0 Å². The van der Waals surface area contributed by atoms with Crippen LogP contribution in [0, 0.1) is 0 Å². The molecule has 1 unspecified atom stereocenters. The second-order valence-corrected chi connectivity index (χ2v) is 4.96. The molecule has 0 aromatic rings. The van der Waals surface area contributed by atoms with Crippen LogP contribution < -0.4 is 10.6 Å². The van der Waals surface area contributed by atoms with Gasteiger partial charge in [-0.05, 0) is 25.5 Å². The van der Waals surface area contributed by atoms with Crippen LogP contribution >= 0.6 is 11.8 Å². The van der Waals surface area contributed by atoms with E-state index in [4.69, 9.17) is 0 Å². The van der Waals surface area contributed by atoms with E-state index >= 15 is 0 Å². The summed E-state index contributed by atoms with van der Waals surface area (Å²) in [6.07, 6.45) is 1.47. The zero-order chi connectivity index (χ0) is 12.0. The Morgan fingerprint density at radius 3 is 2.75 bits per heavy atom. The topological polar surface area (TPSA) is 78.4 Å². The van der Waals surface area contributed by atoms with Crippen molar-refractivity contribution < 1.29 is 14.7 Å². The number of carboxylic acid groups (broad SMARTS) is 1. The van der Waals surface area contributed by atoms with E-state index in [9.17, 15) is 14.7 Å². The highest BCUT2D eigenvalue weighted by Gasteiger charge is 2.39. The summed E-state index contributed by atoms with van der Waals surface area (Å²) in [5.41, 5.74) is -0.923. The van der Waals surface area contributed by atoms with E-state index in [1.54, 1.807) is 11.8 Å². The minimum atomic E-state index is -0.923. The predicted molar refractivity (Wildman–Crippen MR) is 63.6 cm³/mol. The first-order chi connectivity index (χ1) is 7.60. The molecule has 1 atom stereocenters. The first kappa shape index (κ1) is 13.3. The van der Waals surface area contributed by atoms with Crippen LogP contribution in [0.3, 0.4) is 0 Å². The average molecular weight is 246 g/mol.